The molecule has 0 amide bonds. The van der Waals surface area contributed by atoms with Gasteiger partial charge in [0.05, 0.1) is 12.0 Å². The predicted molar refractivity (Wildman–Crippen MR) is 43.2 cm³/mol. The number of aryl methyl sites for hydroxylation is 1. The lowest BCUT2D eigenvalue weighted by atomic mass is 10.2. The molecule has 2 heterocycles. The maximum atomic E-state index is 4.09. The van der Waals surface area contributed by atoms with E-state index < -0.39 is 0 Å². The molecule has 60 valence electrons. The minimum atomic E-state index is 0.544. The second-order valence-electron chi connectivity index (χ2n) is 3.08. The molecule has 1 unspecified atom stereocenters. The number of hydrogen-bond donors (Lipinski definition) is 1. The summed E-state index contributed by atoms with van der Waals surface area (Å²) in [6.07, 6.45) is 6.34. The van der Waals surface area contributed by atoms with Crippen LogP contribution in [0.15, 0.2) is 12.5 Å². The van der Waals surface area contributed by atoms with E-state index in [2.05, 4.69) is 14.9 Å². The van der Waals surface area contributed by atoms with E-state index in [0.29, 0.717) is 6.04 Å². The molecule has 1 aromatic rings. The van der Waals surface area contributed by atoms with E-state index in [1.54, 1.807) is 0 Å². The third-order valence-electron chi connectivity index (χ3n) is 2.27. The maximum absolute atomic E-state index is 4.09. The molecule has 1 aliphatic rings. The van der Waals surface area contributed by atoms with Gasteiger partial charge in [-0.25, -0.2) is 4.98 Å². The van der Waals surface area contributed by atoms with Crippen LogP contribution in [0.4, 0.5) is 0 Å². The maximum Gasteiger partial charge on any atom is 0.0946 e. The number of rotatable bonds is 1. The summed E-state index contributed by atoms with van der Waals surface area (Å²) >= 11 is 0. The first-order valence-corrected chi connectivity index (χ1v) is 4.07. The Hall–Kier alpha value is -0.830. The lowest BCUT2D eigenvalue weighted by Crippen LogP contribution is -2.15. The Morgan fingerprint density at radius 2 is 2.64 bits per heavy atom. The van der Waals surface area contributed by atoms with Crippen LogP contribution in [0.2, 0.25) is 0 Å². The first kappa shape index (κ1) is 6.85. The monoisotopic (exact) mass is 151 g/mol. The number of nitrogens with one attached hydrogen (secondary N) is 1. The Morgan fingerprint density at radius 3 is 3.18 bits per heavy atom. The van der Waals surface area contributed by atoms with Crippen LogP contribution in [0, 0.1) is 0 Å². The Bertz CT molecular complexity index is 235. The quantitative estimate of drug-likeness (QED) is 0.644. The molecule has 1 saturated heterocycles. The van der Waals surface area contributed by atoms with Gasteiger partial charge in [0.2, 0.25) is 0 Å². The fraction of sp³-hybridized carbons (Fsp3) is 0.625. The van der Waals surface area contributed by atoms with E-state index in [0.717, 1.165) is 6.54 Å². The van der Waals surface area contributed by atoms with Crippen LogP contribution in [-0.2, 0) is 7.05 Å². The van der Waals surface area contributed by atoms with Crippen molar-refractivity contribution in [2.45, 2.75) is 18.9 Å². The first-order chi connectivity index (χ1) is 5.38. The molecule has 0 saturated carbocycles. The van der Waals surface area contributed by atoms with Crippen LogP contribution in [0.5, 0.6) is 0 Å². The van der Waals surface area contributed by atoms with E-state index in [9.17, 15) is 0 Å². The van der Waals surface area contributed by atoms with Gasteiger partial charge >= 0.3 is 0 Å². The van der Waals surface area contributed by atoms with Crippen molar-refractivity contribution >= 4 is 0 Å². The predicted octanol–water partition coefficient (Wildman–Crippen LogP) is 0.845. The van der Waals surface area contributed by atoms with Crippen LogP contribution >= 0.6 is 0 Å². The van der Waals surface area contributed by atoms with Crippen molar-refractivity contribution in [2.24, 2.45) is 7.05 Å². The van der Waals surface area contributed by atoms with Crippen molar-refractivity contribution in [3.05, 3.63) is 18.2 Å². The van der Waals surface area contributed by atoms with E-state index in [1.165, 1.54) is 18.5 Å². The Kier molecular flexibility index (Phi) is 1.66. The molecule has 11 heavy (non-hydrogen) atoms. The number of nitrogens with zero attached hydrogens (tertiary/aromatic N) is 2. The molecule has 3 heteroatoms. The van der Waals surface area contributed by atoms with Gasteiger partial charge in [-0.1, -0.05) is 0 Å². The van der Waals surface area contributed by atoms with Crippen molar-refractivity contribution in [3.63, 3.8) is 0 Å². The average Bonchev–Trinajstić information content (AvgIpc) is 2.55. The van der Waals surface area contributed by atoms with Crippen LogP contribution in [0.25, 0.3) is 0 Å². The van der Waals surface area contributed by atoms with Gasteiger partial charge in [-0.05, 0) is 19.4 Å². The van der Waals surface area contributed by atoms with E-state index in [-0.39, 0.29) is 0 Å². The molecule has 1 aromatic heterocycles. The van der Waals surface area contributed by atoms with Crippen LogP contribution in [-0.4, -0.2) is 16.1 Å². The topological polar surface area (TPSA) is 29.9 Å². The zero-order chi connectivity index (χ0) is 7.68. The highest BCUT2D eigenvalue weighted by Gasteiger charge is 2.17. The molecule has 0 radical (unpaired) electrons. The molecule has 1 aliphatic heterocycles. The molecule has 1 fully saturated rings. The van der Waals surface area contributed by atoms with E-state index >= 15 is 0 Å². The van der Waals surface area contributed by atoms with Gasteiger partial charge in [-0.3, -0.25) is 0 Å². The highest BCUT2D eigenvalue weighted by molar-refractivity contribution is 5.06. The van der Waals surface area contributed by atoms with Crippen molar-refractivity contribution in [1.82, 2.24) is 14.9 Å². The van der Waals surface area contributed by atoms with Crippen LogP contribution in [0.1, 0.15) is 24.6 Å². The SMILES string of the molecule is Cn1cncc1C1CCCN1. The highest BCUT2D eigenvalue weighted by atomic mass is 15.1. The molecule has 0 aliphatic carbocycles. The first-order valence-electron chi connectivity index (χ1n) is 4.07. The van der Waals surface area contributed by atoms with Crippen molar-refractivity contribution in [1.29, 1.82) is 0 Å². The number of aromatic nitrogens is 2. The van der Waals surface area contributed by atoms with Gasteiger partial charge in [0.15, 0.2) is 0 Å². The third-order valence-corrected chi connectivity index (χ3v) is 2.27. The molecular weight excluding hydrogens is 138 g/mol. The van der Waals surface area contributed by atoms with Gasteiger partial charge in [0.25, 0.3) is 0 Å². The zero-order valence-corrected chi connectivity index (χ0v) is 6.75. The number of imidazole rings is 1. The summed E-state index contributed by atoms with van der Waals surface area (Å²) in [5, 5.41) is 3.44. The molecule has 2 rings (SSSR count). The highest BCUT2D eigenvalue weighted by Crippen LogP contribution is 2.21. The Labute approximate surface area is 66.4 Å². The molecule has 0 spiro atoms. The smallest absolute Gasteiger partial charge is 0.0946 e. The summed E-state index contributed by atoms with van der Waals surface area (Å²) in [6, 6.07) is 0.544. The molecule has 0 aromatic carbocycles. The fourth-order valence-electron chi connectivity index (χ4n) is 1.64. The summed E-state index contributed by atoms with van der Waals surface area (Å²) in [5.41, 5.74) is 1.31. The lowest BCUT2D eigenvalue weighted by Gasteiger charge is -2.09. The molecule has 1 atom stereocenters. The minimum Gasteiger partial charge on any atom is -0.336 e. The summed E-state index contributed by atoms with van der Waals surface area (Å²) in [6.45, 7) is 1.15. The van der Waals surface area contributed by atoms with Crippen molar-refractivity contribution < 1.29 is 0 Å². The normalized spacial score (nSPS) is 24.3. The zero-order valence-electron chi connectivity index (χ0n) is 6.75. The van der Waals surface area contributed by atoms with Gasteiger partial charge in [-0.2, -0.15) is 0 Å². The third kappa shape index (κ3) is 1.16. The van der Waals surface area contributed by atoms with E-state index in [4.69, 9.17) is 0 Å². The standard InChI is InChI=1S/C8H13N3/c1-11-6-9-5-8(11)7-3-2-4-10-7/h5-7,10H,2-4H2,1H3. The largest absolute Gasteiger partial charge is 0.336 e. The molecule has 0 bridgehead atoms. The molecular formula is C8H13N3. The average molecular weight is 151 g/mol. The van der Waals surface area contributed by atoms with Gasteiger partial charge in [-0.15, -0.1) is 0 Å². The van der Waals surface area contributed by atoms with Gasteiger partial charge in [0, 0.05) is 19.3 Å². The van der Waals surface area contributed by atoms with Crippen molar-refractivity contribution in [3.8, 4) is 0 Å². The Balaban J connectivity index is 2.21. The molecule has 3 nitrogen and oxygen atoms in total. The molecule has 1 N–H and O–H groups in total. The van der Waals surface area contributed by atoms with Gasteiger partial charge in [0.1, 0.15) is 0 Å². The summed E-state index contributed by atoms with van der Waals surface area (Å²) in [5.74, 6) is 0. The van der Waals surface area contributed by atoms with Crippen molar-refractivity contribution in [2.75, 3.05) is 6.54 Å². The second kappa shape index (κ2) is 2.66. The fourth-order valence-corrected chi connectivity index (χ4v) is 1.64. The summed E-state index contributed by atoms with van der Waals surface area (Å²) in [7, 11) is 2.04. The van der Waals surface area contributed by atoms with Crippen LogP contribution < -0.4 is 5.32 Å². The minimum absolute atomic E-state index is 0.544. The summed E-state index contributed by atoms with van der Waals surface area (Å²) in [4.78, 5) is 4.09. The van der Waals surface area contributed by atoms with Crippen LogP contribution in [0.3, 0.4) is 0 Å². The number of hydrogen-bond acceptors (Lipinski definition) is 2. The summed E-state index contributed by atoms with van der Waals surface area (Å²) < 4.78 is 2.09. The van der Waals surface area contributed by atoms with E-state index in [1.807, 2.05) is 19.6 Å². The second-order valence-corrected chi connectivity index (χ2v) is 3.08. The lowest BCUT2D eigenvalue weighted by molar-refractivity contribution is 0.599. The Morgan fingerprint density at radius 1 is 1.73 bits per heavy atom. The van der Waals surface area contributed by atoms with Gasteiger partial charge < -0.3 is 9.88 Å².